The summed E-state index contributed by atoms with van der Waals surface area (Å²) >= 11 is 0.994. The maximum atomic E-state index is 13.2. The molecule has 1 N–H and O–H groups in total. The minimum atomic E-state index is -4.54. The lowest BCUT2D eigenvalue weighted by atomic mass is 10.2. The van der Waals surface area contributed by atoms with Crippen LogP contribution in [0, 0.1) is 5.82 Å². The Morgan fingerprint density at radius 1 is 1.23 bits per heavy atom. The maximum Gasteiger partial charge on any atom is 0.416 e. The molecule has 1 saturated heterocycles. The molecule has 0 aliphatic carbocycles. The second kappa shape index (κ2) is 8.86. The van der Waals surface area contributed by atoms with Crippen LogP contribution in [-0.4, -0.2) is 34.2 Å². The number of carbonyl (C=O) groups is 2. The van der Waals surface area contributed by atoms with Gasteiger partial charge in [-0.2, -0.15) is 13.2 Å². The molecule has 3 rings (SSSR count). The van der Waals surface area contributed by atoms with Gasteiger partial charge >= 0.3 is 6.18 Å². The fourth-order valence-corrected chi connectivity index (χ4v) is 3.95. The summed E-state index contributed by atoms with van der Waals surface area (Å²) in [6, 6.07) is 9.89. The molecule has 0 saturated carbocycles. The van der Waals surface area contributed by atoms with Crippen LogP contribution in [0.2, 0.25) is 0 Å². The lowest BCUT2D eigenvalue weighted by molar-refractivity contribution is -0.137. The molecule has 2 aromatic carbocycles. The third kappa shape index (κ3) is 5.18. The molecule has 5 nitrogen and oxygen atoms in total. The van der Waals surface area contributed by atoms with Crippen molar-refractivity contribution in [2.75, 3.05) is 7.05 Å². The summed E-state index contributed by atoms with van der Waals surface area (Å²) in [4.78, 5) is 30.3. The predicted molar refractivity (Wildman–Crippen MR) is 106 cm³/mol. The SMILES string of the molecule is CNC(=O)[C@@H]1CC(=O)N(Cc2ccc(F)cc2)C(=Nc2cccc(C(F)(F)F)c2)S1. The van der Waals surface area contributed by atoms with E-state index < -0.39 is 28.7 Å². The monoisotopic (exact) mass is 439 g/mol. The third-order valence-corrected chi connectivity index (χ3v) is 5.52. The third-order valence-electron chi connectivity index (χ3n) is 4.33. The van der Waals surface area contributed by atoms with E-state index in [1.807, 2.05) is 0 Å². The summed E-state index contributed by atoms with van der Waals surface area (Å²) in [5.74, 6) is -1.22. The first-order chi connectivity index (χ1) is 14.2. The van der Waals surface area contributed by atoms with Crippen molar-refractivity contribution in [1.29, 1.82) is 0 Å². The summed E-state index contributed by atoms with van der Waals surface area (Å²) in [6.07, 6.45) is -4.63. The molecule has 0 bridgehead atoms. The Kier molecular flexibility index (Phi) is 6.45. The Morgan fingerprint density at radius 2 is 1.93 bits per heavy atom. The molecule has 0 aromatic heterocycles. The summed E-state index contributed by atoms with van der Waals surface area (Å²) in [5, 5.41) is 1.81. The molecule has 1 aliphatic heterocycles. The molecule has 1 aliphatic rings. The van der Waals surface area contributed by atoms with Crippen molar-refractivity contribution >= 4 is 34.4 Å². The van der Waals surface area contributed by atoms with Crippen LogP contribution in [0.15, 0.2) is 53.5 Å². The first kappa shape index (κ1) is 21.8. The standard InChI is InChI=1S/C20H17F4N3O2S/c1-25-18(29)16-10-17(28)27(11-12-5-7-14(21)8-6-12)19(30-16)26-15-4-2-3-13(9-15)20(22,23)24/h2-9,16H,10-11H2,1H3,(H,25,29)/t16-/m0/s1. The van der Waals surface area contributed by atoms with Crippen molar-refractivity contribution in [3.63, 3.8) is 0 Å². The van der Waals surface area contributed by atoms with Gasteiger partial charge in [0.1, 0.15) is 5.82 Å². The van der Waals surface area contributed by atoms with E-state index in [2.05, 4.69) is 10.3 Å². The van der Waals surface area contributed by atoms with E-state index in [4.69, 9.17) is 0 Å². The smallest absolute Gasteiger partial charge is 0.358 e. The van der Waals surface area contributed by atoms with Crippen LogP contribution >= 0.6 is 11.8 Å². The highest BCUT2D eigenvalue weighted by Crippen LogP contribution is 2.34. The van der Waals surface area contributed by atoms with E-state index >= 15 is 0 Å². The van der Waals surface area contributed by atoms with E-state index in [1.54, 1.807) is 0 Å². The summed E-state index contributed by atoms with van der Waals surface area (Å²) in [6.45, 7) is 0.0460. The van der Waals surface area contributed by atoms with Crippen molar-refractivity contribution in [3.8, 4) is 0 Å². The van der Waals surface area contributed by atoms with Gasteiger partial charge in [0.15, 0.2) is 5.17 Å². The Hall–Kier alpha value is -2.88. The lowest BCUT2D eigenvalue weighted by Crippen LogP contribution is -2.45. The Balaban J connectivity index is 1.97. The number of amides is 2. The van der Waals surface area contributed by atoms with E-state index in [0.717, 1.165) is 23.9 Å². The Labute approximate surface area is 174 Å². The Morgan fingerprint density at radius 3 is 2.57 bits per heavy atom. The van der Waals surface area contributed by atoms with Crippen LogP contribution in [0.25, 0.3) is 0 Å². The zero-order valence-electron chi connectivity index (χ0n) is 15.7. The fourth-order valence-electron chi connectivity index (χ4n) is 2.79. The molecule has 1 fully saturated rings. The number of hydrogen-bond donors (Lipinski definition) is 1. The molecule has 2 amide bonds. The zero-order chi connectivity index (χ0) is 21.9. The van der Waals surface area contributed by atoms with Crippen molar-refractivity contribution in [3.05, 3.63) is 65.5 Å². The number of hydrogen-bond acceptors (Lipinski definition) is 4. The van der Waals surface area contributed by atoms with Crippen LogP contribution in [0.3, 0.4) is 0 Å². The molecule has 1 heterocycles. The molecule has 1 atom stereocenters. The van der Waals surface area contributed by atoms with Gasteiger partial charge < -0.3 is 5.32 Å². The number of carbonyl (C=O) groups excluding carboxylic acids is 2. The molecule has 0 radical (unpaired) electrons. The summed E-state index contributed by atoms with van der Waals surface area (Å²) < 4.78 is 52.2. The highest BCUT2D eigenvalue weighted by atomic mass is 32.2. The number of thioether (sulfide) groups is 1. The van der Waals surface area contributed by atoms with E-state index in [1.165, 1.54) is 48.3 Å². The largest absolute Gasteiger partial charge is 0.416 e. The van der Waals surface area contributed by atoms with Crippen LogP contribution < -0.4 is 5.32 Å². The first-order valence-electron chi connectivity index (χ1n) is 8.86. The topological polar surface area (TPSA) is 61.8 Å². The van der Waals surface area contributed by atoms with Gasteiger partial charge in [-0.1, -0.05) is 30.0 Å². The van der Waals surface area contributed by atoms with Gasteiger partial charge in [0, 0.05) is 13.5 Å². The van der Waals surface area contributed by atoms with Crippen molar-refractivity contribution in [2.45, 2.75) is 24.4 Å². The van der Waals surface area contributed by atoms with Gasteiger partial charge in [-0.15, -0.1) is 0 Å². The normalized spacial score (nSPS) is 18.6. The molecule has 10 heteroatoms. The van der Waals surface area contributed by atoms with E-state index in [9.17, 15) is 27.2 Å². The van der Waals surface area contributed by atoms with Gasteiger partial charge in [-0.3, -0.25) is 14.5 Å². The zero-order valence-corrected chi connectivity index (χ0v) is 16.6. The number of amidine groups is 1. The second-order valence-electron chi connectivity index (χ2n) is 6.47. The minimum absolute atomic E-state index is 0.00166. The van der Waals surface area contributed by atoms with E-state index in [-0.39, 0.29) is 29.7 Å². The minimum Gasteiger partial charge on any atom is -0.358 e. The average Bonchev–Trinajstić information content (AvgIpc) is 2.70. The van der Waals surface area contributed by atoms with Gasteiger partial charge in [0.05, 0.1) is 23.0 Å². The number of nitrogens with zero attached hydrogens (tertiary/aromatic N) is 2. The highest BCUT2D eigenvalue weighted by molar-refractivity contribution is 8.15. The maximum absolute atomic E-state index is 13.2. The number of halogens is 4. The second-order valence-corrected chi connectivity index (χ2v) is 7.64. The van der Waals surface area contributed by atoms with Crippen LogP contribution in [0.4, 0.5) is 23.2 Å². The van der Waals surface area contributed by atoms with Crippen LogP contribution in [0.1, 0.15) is 17.5 Å². The number of aliphatic imine (C=N–C) groups is 1. The average molecular weight is 439 g/mol. The van der Waals surface area contributed by atoms with Crippen molar-refractivity contribution in [1.82, 2.24) is 10.2 Å². The van der Waals surface area contributed by atoms with Crippen LogP contribution in [-0.2, 0) is 22.3 Å². The van der Waals surface area contributed by atoms with E-state index in [0.29, 0.717) is 5.56 Å². The molecule has 2 aromatic rings. The molecular formula is C20H17F4N3O2S. The Bertz CT molecular complexity index is 977. The predicted octanol–water partition coefficient (Wildman–Crippen LogP) is 4.11. The number of rotatable bonds is 4. The summed E-state index contributed by atoms with van der Waals surface area (Å²) in [5.41, 5.74) is -0.258. The van der Waals surface area contributed by atoms with Gasteiger partial charge in [0.2, 0.25) is 11.8 Å². The van der Waals surface area contributed by atoms with Crippen LogP contribution in [0.5, 0.6) is 0 Å². The number of nitrogens with one attached hydrogen (secondary N) is 1. The fraction of sp³-hybridized carbons (Fsp3) is 0.250. The molecule has 0 spiro atoms. The molecular weight excluding hydrogens is 422 g/mol. The van der Waals surface area contributed by atoms with Crippen molar-refractivity contribution < 1.29 is 27.2 Å². The molecule has 30 heavy (non-hydrogen) atoms. The first-order valence-corrected chi connectivity index (χ1v) is 9.74. The van der Waals surface area contributed by atoms with Gasteiger partial charge in [-0.05, 0) is 35.9 Å². The number of benzene rings is 2. The summed E-state index contributed by atoms with van der Waals surface area (Å²) in [7, 11) is 1.43. The highest BCUT2D eigenvalue weighted by Gasteiger charge is 2.36. The quantitative estimate of drug-likeness (QED) is 0.730. The molecule has 158 valence electrons. The van der Waals surface area contributed by atoms with Gasteiger partial charge in [0.25, 0.3) is 0 Å². The van der Waals surface area contributed by atoms with Gasteiger partial charge in [-0.25, -0.2) is 9.38 Å². The molecule has 0 unspecified atom stereocenters. The number of alkyl halides is 3. The van der Waals surface area contributed by atoms with Crippen molar-refractivity contribution in [2.24, 2.45) is 4.99 Å². The lowest BCUT2D eigenvalue weighted by Gasteiger charge is -2.31.